The summed E-state index contributed by atoms with van der Waals surface area (Å²) in [7, 11) is 0. The summed E-state index contributed by atoms with van der Waals surface area (Å²) in [5, 5.41) is 19.9. The molecular formula is C19H22N4O5. The van der Waals surface area contributed by atoms with Crippen LogP contribution in [-0.4, -0.2) is 39.6 Å². The number of aryl methyl sites for hydroxylation is 1. The third-order valence-electron chi connectivity index (χ3n) is 4.10. The molecule has 2 aromatic rings. The van der Waals surface area contributed by atoms with Gasteiger partial charge < -0.3 is 15.7 Å². The van der Waals surface area contributed by atoms with Gasteiger partial charge in [-0.3, -0.25) is 19.2 Å². The van der Waals surface area contributed by atoms with Gasteiger partial charge in [0.05, 0.1) is 12.1 Å². The number of aliphatic carboxylic acids is 1. The summed E-state index contributed by atoms with van der Waals surface area (Å²) in [6.45, 7) is 3.32. The van der Waals surface area contributed by atoms with Crippen LogP contribution in [0.5, 0.6) is 0 Å². The van der Waals surface area contributed by atoms with Crippen LogP contribution in [0.3, 0.4) is 0 Å². The first-order chi connectivity index (χ1) is 13.3. The number of rotatable bonds is 8. The van der Waals surface area contributed by atoms with E-state index < -0.39 is 29.9 Å². The van der Waals surface area contributed by atoms with Crippen LogP contribution >= 0.6 is 0 Å². The standard InChI is InChI=1S/C19H22N4O5/c1-3-13-14(4-2)22-23-19(28)17(13)18(27)21-12-7-5-11(6-8-12)9-15(24)20-10-16(25)26/h5-8H,3-4,9-10H2,1-2H3,(H,20,24)(H,21,27)(H,23,28)(H,25,26). The second-order valence-corrected chi connectivity index (χ2v) is 6.06. The van der Waals surface area contributed by atoms with E-state index in [0.29, 0.717) is 35.3 Å². The van der Waals surface area contributed by atoms with Crippen molar-refractivity contribution < 1.29 is 19.5 Å². The molecule has 9 nitrogen and oxygen atoms in total. The number of hydrogen-bond acceptors (Lipinski definition) is 5. The number of amides is 2. The molecule has 0 unspecified atom stereocenters. The fourth-order valence-electron chi connectivity index (χ4n) is 2.76. The molecule has 0 bridgehead atoms. The molecule has 1 heterocycles. The van der Waals surface area contributed by atoms with Crippen LogP contribution in [0.15, 0.2) is 29.1 Å². The Morgan fingerprint density at radius 3 is 2.36 bits per heavy atom. The number of carboxylic acids is 1. The second kappa shape index (κ2) is 9.45. The lowest BCUT2D eigenvalue weighted by Crippen LogP contribution is -2.30. The minimum absolute atomic E-state index is 0.0192. The molecule has 0 fully saturated rings. The Hall–Kier alpha value is -3.49. The lowest BCUT2D eigenvalue weighted by Gasteiger charge is -2.11. The SMILES string of the molecule is CCc1n[nH]c(=O)c(C(=O)Nc2ccc(CC(=O)NCC(=O)O)cc2)c1CC. The van der Waals surface area contributed by atoms with E-state index in [1.807, 2.05) is 13.8 Å². The molecule has 0 spiro atoms. The van der Waals surface area contributed by atoms with Crippen molar-refractivity contribution in [2.24, 2.45) is 0 Å². The minimum atomic E-state index is -1.12. The maximum absolute atomic E-state index is 12.6. The quantitative estimate of drug-likeness (QED) is 0.531. The van der Waals surface area contributed by atoms with Gasteiger partial charge in [0.2, 0.25) is 5.91 Å². The third kappa shape index (κ3) is 5.26. The first-order valence-electron chi connectivity index (χ1n) is 8.84. The van der Waals surface area contributed by atoms with Gasteiger partial charge >= 0.3 is 5.97 Å². The molecular weight excluding hydrogens is 364 g/mol. The van der Waals surface area contributed by atoms with Crippen LogP contribution in [0, 0.1) is 0 Å². The zero-order chi connectivity index (χ0) is 20.7. The van der Waals surface area contributed by atoms with E-state index in [2.05, 4.69) is 20.8 Å². The van der Waals surface area contributed by atoms with Gasteiger partial charge in [-0.15, -0.1) is 0 Å². The number of H-pyrrole nitrogens is 1. The molecule has 0 aliphatic rings. The average Bonchev–Trinajstić information content (AvgIpc) is 2.67. The minimum Gasteiger partial charge on any atom is -0.480 e. The van der Waals surface area contributed by atoms with Crippen LogP contribution in [0.4, 0.5) is 5.69 Å². The molecule has 0 aliphatic carbocycles. The highest BCUT2D eigenvalue weighted by molar-refractivity contribution is 6.05. The largest absolute Gasteiger partial charge is 0.480 e. The molecule has 1 aromatic heterocycles. The summed E-state index contributed by atoms with van der Waals surface area (Å²) in [6, 6.07) is 6.51. The van der Waals surface area contributed by atoms with Crippen molar-refractivity contribution in [2.45, 2.75) is 33.1 Å². The molecule has 0 radical (unpaired) electrons. The molecule has 4 N–H and O–H groups in total. The Balaban J connectivity index is 2.11. The van der Waals surface area contributed by atoms with Crippen molar-refractivity contribution in [1.82, 2.24) is 15.5 Å². The second-order valence-electron chi connectivity index (χ2n) is 6.06. The Kier molecular flexibility index (Phi) is 7.02. The topological polar surface area (TPSA) is 141 Å². The summed E-state index contributed by atoms with van der Waals surface area (Å²) in [6.07, 6.45) is 1.12. The van der Waals surface area contributed by atoms with Crippen molar-refractivity contribution in [3.05, 3.63) is 57.0 Å². The normalized spacial score (nSPS) is 10.4. The lowest BCUT2D eigenvalue weighted by molar-refractivity contribution is -0.137. The van der Waals surface area contributed by atoms with E-state index in [1.54, 1.807) is 24.3 Å². The first-order valence-corrected chi connectivity index (χ1v) is 8.84. The molecule has 2 rings (SSSR count). The van der Waals surface area contributed by atoms with E-state index in [4.69, 9.17) is 5.11 Å². The third-order valence-corrected chi connectivity index (χ3v) is 4.10. The summed E-state index contributed by atoms with van der Waals surface area (Å²) >= 11 is 0. The number of hydrogen-bond donors (Lipinski definition) is 4. The van der Waals surface area contributed by atoms with E-state index in [9.17, 15) is 19.2 Å². The van der Waals surface area contributed by atoms with Gasteiger partial charge in [0.1, 0.15) is 12.1 Å². The Labute approximate surface area is 161 Å². The highest BCUT2D eigenvalue weighted by Gasteiger charge is 2.19. The molecule has 2 amide bonds. The van der Waals surface area contributed by atoms with Gasteiger partial charge in [-0.1, -0.05) is 26.0 Å². The van der Waals surface area contributed by atoms with Crippen molar-refractivity contribution in [1.29, 1.82) is 0 Å². The van der Waals surface area contributed by atoms with Crippen molar-refractivity contribution in [2.75, 3.05) is 11.9 Å². The number of benzene rings is 1. The Morgan fingerprint density at radius 1 is 1.11 bits per heavy atom. The molecule has 28 heavy (non-hydrogen) atoms. The molecule has 0 saturated heterocycles. The zero-order valence-corrected chi connectivity index (χ0v) is 15.7. The van der Waals surface area contributed by atoms with Crippen molar-refractivity contribution in [3.8, 4) is 0 Å². The number of carboxylic acid groups (broad SMARTS) is 1. The number of nitrogens with one attached hydrogen (secondary N) is 3. The number of aromatic nitrogens is 2. The smallest absolute Gasteiger partial charge is 0.322 e. The van der Waals surface area contributed by atoms with Crippen LogP contribution < -0.4 is 16.2 Å². The van der Waals surface area contributed by atoms with Crippen LogP contribution in [-0.2, 0) is 28.9 Å². The van der Waals surface area contributed by atoms with Gasteiger partial charge in [-0.2, -0.15) is 5.10 Å². The summed E-state index contributed by atoms with van der Waals surface area (Å²) in [4.78, 5) is 46.8. The van der Waals surface area contributed by atoms with E-state index in [-0.39, 0.29) is 12.0 Å². The fraction of sp³-hybridized carbons (Fsp3) is 0.316. The van der Waals surface area contributed by atoms with Crippen LogP contribution in [0.25, 0.3) is 0 Å². The van der Waals surface area contributed by atoms with E-state index in [0.717, 1.165) is 0 Å². The Bertz CT molecular complexity index is 934. The highest BCUT2D eigenvalue weighted by Crippen LogP contribution is 2.14. The summed E-state index contributed by atoms with van der Waals surface area (Å²) in [5.74, 6) is -2.06. The molecule has 0 aliphatic heterocycles. The maximum Gasteiger partial charge on any atom is 0.322 e. The van der Waals surface area contributed by atoms with Gasteiger partial charge in [0.15, 0.2) is 0 Å². The molecule has 148 valence electrons. The zero-order valence-electron chi connectivity index (χ0n) is 15.7. The number of carbonyl (C=O) groups is 3. The maximum atomic E-state index is 12.6. The fourth-order valence-corrected chi connectivity index (χ4v) is 2.76. The lowest BCUT2D eigenvalue weighted by atomic mass is 10.0. The van der Waals surface area contributed by atoms with Gasteiger partial charge in [-0.05, 0) is 36.1 Å². The van der Waals surface area contributed by atoms with Gasteiger partial charge in [0.25, 0.3) is 11.5 Å². The average molecular weight is 386 g/mol. The van der Waals surface area contributed by atoms with Gasteiger partial charge in [-0.25, -0.2) is 5.10 Å². The summed E-state index contributed by atoms with van der Waals surface area (Å²) < 4.78 is 0. The van der Waals surface area contributed by atoms with Crippen LogP contribution in [0.1, 0.15) is 41.0 Å². The summed E-state index contributed by atoms with van der Waals surface area (Å²) in [5.41, 5.74) is 1.93. The van der Waals surface area contributed by atoms with Crippen molar-refractivity contribution >= 4 is 23.5 Å². The molecule has 9 heteroatoms. The monoisotopic (exact) mass is 386 g/mol. The molecule has 0 atom stereocenters. The molecule has 1 aromatic carbocycles. The number of aromatic amines is 1. The first kappa shape index (κ1) is 20.8. The predicted octanol–water partition coefficient (Wildman–Crippen LogP) is 0.890. The van der Waals surface area contributed by atoms with Crippen LogP contribution in [0.2, 0.25) is 0 Å². The number of nitrogens with zero attached hydrogens (tertiary/aromatic N) is 1. The highest BCUT2D eigenvalue weighted by atomic mass is 16.4. The number of carbonyl (C=O) groups excluding carboxylic acids is 2. The van der Waals surface area contributed by atoms with E-state index >= 15 is 0 Å². The van der Waals surface area contributed by atoms with Gasteiger partial charge in [0, 0.05) is 5.69 Å². The van der Waals surface area contributed by atoms with Crippen molar-refractivity contribution in [3.63, 3.8) is 0 Å². The predicted molar refractivity (Wildman–Crippen MR) is 102 cm³/mol. The number of anilines is 1. The molecule has 0 saturated carbocycles. The Morgan fingerprint density at radius 2 is 1.79 bits per heavy atom. The van der Waals surface area contributed by atoms with E-state index in [1.165, 1.54) is 0 Å².